The van der Waals surface area contributed by atoms with Crippen LogP contribution in [-0.4, -0.2) is 166 Å². The van der Waals surface area contributed by atoms with Crippen molar-refractivity contribution >= 4 is 83.6 Å². The number of carboxylic acid groups (broad SMARTS) is 1. The quantitative estimate of drug-likeness (QED) is 0.0187. The zero-order valence-corrected chi connectivity index (χ0v) is 38.0. The van der Waals surface area contributed by atoms with Gasteiger partial charge in [-0.25, -0.2) is 4.79 Å². The van der Waals surface area contributed by atoms with Crippen LogP contribution in [0.2, 0.25) is 0 Å². The SMILES string of the molecule is CSCCC(NC(=O)C1CCCN1C(=O)C1CCCN1)C(=O)N1CCCC1C(=O)NC(CCC(N)=O)C(=O)NC(CCCN=C(N)N)C(=O)NC(C(=O)NC(CS)C(=O)O)C(C)C. The number of rotatable bonds is 25. The second-order valence-corrected chi connectivity index (χ2v) is 17.6. The number of aliphatic imine (C=N–C) groups is 1. The number of hydrogen-bond donors (Lipinski definition) is 11. The molecule has 22 nitrogen and oxygen atoms in total. The van der Waals surface area contributed by atoms with Gasteiger partial charge in [-0.3, -0.25) is 43.3 Å². The van der Waals surface area contributed by atoms with E-state index in [1.165, 1.54) is 16.7 Å². The molecule has 0 bridgehead atoms. The molecule has 8 unspecified atom stereocenters. The Kier molecular flexibility index (Phi) is 21.7. The summed E-state index contributed by atoms with van der Waals surface area (Å²) in [5, 5.41) is 25.6. The highest BCUT2D eigenvalue weighted by atomic mass is 32.2. The van der Waals surface area contributed by atoms with Gasteiger partial charge in [-0.05, 0) is 88.7 Å². The second-order valence-electron chi connectivity index (χ2n) is 16.3. The number of likely N-dealkylation sites (tertiary alicyclic amines) is 2. The van der Waals surface area contributed by atoms with Gasteiger partial charge in [-0.15, -0.1) is 0 Å². The highest BCUT2D eigenvalue weighted by molar-refractivity contribution is 7.98. The lowest BCUT2D eigenvalue weighted by molar-refractivity contribution is -0.144. The maximum absolute atomic E-state index is 14.2. The summed E-state index contributed by atoms with van der Waals surface area (Å²) in [6.07, 6.45) is 4.95. The van der Waals surface area contributed by atoms with Crippen LogP contribution in [0.1, 0.15) is 84.5 Å². The van der Waals surface area contributed by atoms with Gasteiger partial charge in [0, 0.05) is 31.8 Å². The van der Waals surface area contributed by atoms with E-state index >= 15 is 0 Å². The number of guanidine groups is 1. The molecule has 3 fully saturated rings. The molecule has 0 aliphatic carbocycles. The Morgan fingerprint density at radius 2 is 1.35 bits per heavy atom. The molecule has 63 heavy (non-hydrogen) atoms. The van der Waals surface area contributed by atoms with Crippen LogP contribution in [0.3, 0.4) is 0 Å². The minimum Gasteiger partial charge on any atom is -0.480 e. The molecule has 3 heterocycles. The third-order valence-corrected chi connectivity index (χ3v) is 12.2. The zero-order chi connectivity index (χ0) is 46.8. The van der Waals surface area contributed by atoms with E-state index < -0.39 is 95.5 Å². The standard InChI is InChI=1S/C39H66N12O10S2/c1-21(2)30(35(57)48-26(20-62)38(60)61)49-32(54)22(8-4-16-44-39(41)42)45-31(53)23(12-13-29(40)52)46-33(55)27-10-7-18-51(27)37(59)25(14-19-63-3)47-34(56)28-11-6-17-50(28)36(58)24-9-5-15-43-24/h21-28,30,43,62H,4-20H2,1-3H3,(H2,40,52)(H,45,53)(H,46,55)(H,47,56)(H,48,57)(H,49,54)(H,60,61)(H4,41,42,44). The van der Waals surface area contributed by atoms with Crippen LogP contribution in [0.5, 0.6) is 0 Å². The van der Waals surface area contributed by atoms with Crippen LogP contribution in [0.4, 0.5) is 0 Å². The first-order valence-corrected chi connectivity index (χ1v) is 23.4. The molecule has 0 aromatic carbocycles. The van der Waals surface area contributed by atoms with Crippen LogP contribution >= 0.6 is 24.4 Å². The average molecular weight is 927 g/mol. The van der Waals surface area contributed by atoms with Crippen LogP contribution in [0.15, 0.2) is 4.99 Å². The lowest BCUT2D eigenvalue weighted by Crippen LogP contribution is -2.60. The van der Waals surface area contributed by atoms with Crippen molar-refractivity contribution in [2.75, 3.05) is 43.9 Å². The molecule has 354 valence electrons. The Balaban J connectivity index is 1.80. The van der Waals surface area contributed by atoms with Gasteiger partial charge in [0.15, 0.2) is 5.96 Å². The topological polar surface area (TPSA) is 343 Å². The van der Waals surface area contributed by atoms with Gasteiger partial charge in [0.2, 0.25) is 47.3 Å². The zero-order valence-electron chi connectivity index (χ0n) is 36.3. The Labute approximate surface area is 377 Å². The van der Waals surface area contributed by atoms with Gasteiger partial charge in [0.1, 0.15) is 42.3 Å². The predicted octanol–water partition coefficient (Wildman–Crippen LogP) is -3.11. The van der Waals surface area contributed by atoms with E-state index in [0.29, 0.717) is 38.0 Å². The van der Waals surface area contributed by atoms with E-state index in [9.17, 15) is 48.3 Å². The Hall–Kier alpha value is -4.84. The number of carbonyl (C=O) groups excluding carboxylic acids is 8. The summed E-state index contributed by atoms with van der Waals surface area (Å²) in [5.41, 5.74) is 16.3. The largest absolute Gasteiger partial charge is 0.480 e. The van der Waals surface area contributed by atoms with E-state index in [1.54, 1.807) is 18.7 Å². The molecule has 3 aliphatic heterocycles. The highest BCUT2D eigenvalue weighted by Gasteiger charge is 2.42. The summed E-state index contributed by atoms with van der Waals surface area (Å²) in [6.45, 7) is 4.66. The van der Waals surface area contributed by atoms with Crippen molar-refractivity contribution < 1.29 is 48.3 Å². The van der Waals surface area contributed by atoms with Crippen molar-refractivity contribution in [1.82, 2.24) is 41.7 Å². The first-order valence-electron chi connectivity index (χ1n) is 21.4. The number of primary amides is 1. The van der Waals surface area contributed by atoms with Crippen molar-refractivity contribution in [3.63, 3.8) is 0 Å². The molecule has 8 atom stereocenters. The molecule has 3 aliphatic rings. The first kappa shape index (κ1) is 52.5. The number of nitrogens with one attached hydrogen (secondary N) is 6. The van der Waals surface area contributed by atoms with E-state index in [2.05, 4.69) is 49.5 Å². The van der Waals surface area contributed by atoms with Crippen LogP contribution in [0.25, 0.3) is 0 Å². The summed E-state index contributed by atoms with van der Waals surface area (Å²) in [5.74, 6) is -6.80. The van der Waals surface area contributed by atoms with Gasteiger partial charge in [-0.1, -0.05) is 13.8 Å². The van der Waals surface area contributed by atoms with Crippen molar-refractivity contribution in [2.24, 2.45) is 28.1 Å². The Morgan fingerprint density at radius 1 is 0.762 bits per heavy atom. The molecule has 0 spiro atoms. The minimum absolute atomic E-state index is 0.0516. The molecule has 0 radical (unpaired) electrons. The molecule has 0 aromatic heterocycles. The van der Waals surface area contributed by atoms with Gasteiger partial charge in [0.05, 0.1) is 6.04 Å². The van der Waals surface area contributed by atoms with Gasteiger partial charge in [0.25, 0.3) is 0 Å². The van der Waals surface area contributed by atoms with Crippen molar-refractivity contribution in [3.05, 3.63) is 0 Å². The molecule has 8 amide bonds. The van der Waals surface area contributed by atoms with Gasteiger partial charge in [-0.2, -0.15) is 24.4 Å². The number of carbonyl (C=O) groups is 9. The fourth-order valence-electron chi connectivity index (χ4n) is 7.77. The molecule has 3 saturated heterocycles. The van der Waals surface area contributed by atoms with Crippen LogP contribution in [0, 0.1) is 5.92 Å². The molecule has 0 aromatic rings. The molecule has 0 saturated carbocycles. The Morgan fingerprint density at radius 3 is 1.90 bits per heavy atom. The summed E-state index contributed by atoms with van der Waals surface area (Å²) in [6, 6.07) is -8.46. The fourth-order valence-corrected chi connectivity index (χ4v) is 8.49. The molecule has 3 rings (SSSR count). The van der Waals surface area contributed by atoms with Crippen molar-refractivity contribution in [3.8, 4) is 0 Å². The number of nitrogens with two attached hydrogens (primary N) is 3. The summed E-state index contributed by atoms with van der Waals surface area (Å²) in [4.78, 5) is 126. The van der Waals surface area contributed by atoms with E-state index in [0.717, 1.165) is 13.0 Å². The summed E-state index contributed by atoms with van der Waals surface area (Å²) >= 11 is 5.45. The lowest BCUT2D eigenvalue weighted by Gasteiger charge is -2.32. The number of hydrogen-bond acceptors (Lipinski definition) is 13. The molecule has 24 heteroatoms. The third-order valence-electron chi connectivity index (χ3n) is 11.2. The third kappa shape index (κ3) is 16.0. The molecular formula is C39H66N12O10S2. The predicted molar refractivity (Wildman–Crippen MR) is 238 cm³/mol. The maximum atomic E-state index is 14.2. The monoisotopic (exact) mass is 926 g/mol. The minimum atomic E-state index is -1.42. The van der Waals surface area contributed by atoms with Gasteiger partial charge < -0.3 is 64.0 Å². The highest BCUT2D eigenvalue weighted by Crippen LogP contribution is 2.23. The average Bonchev–Trinajstić information content (AvgIpc) is 4.05. The van der Waals surface area contributed by atoms with Crippen LogP contribution in [-0.2, 0) is 43.2 Å². The van der Waals surface area contributed by atoms with Crippen molar-refractivity contribution in [1.29, 1.82) is 0 Å². The number of nitrogens with zero attached hydrogens (tertiary/aromatic N) is 3. The maximum Gasteiger partial charge on any atom is 0.327 e. The van der Waals surface area contributed by atoms with E-state index in [1.807, 2.05) is 6.26 Å². The number of carboxylic acids is 1. The molecular weight excluding hydrogens is 861 g/mol. The summed E-state index contributed by atoms with van der Waals surface area (Å²) < 4.78 is 0. The smallest absolute Gasteiger partial charge is 0.327 e. The van der Waals surface area contributed by atoms with Gasteiger partial charge >= 0.3 is 5.97 Å². The first-order chi connectivity index (χ1) is 29.9. The number of aliphatic carboxylic acids is 1. The van der Waals surface area contributed by atoms with E-state index in [-0.39, 0.29) is 75.3 Å². The Bertz CT molecular complexity index is 1680. The number of amides is 8. The fraction of sp³-hybridized carbons (Fsp3) is 0.744. The number of thioether (sulfide) groups is 1. The van der Waals surface area contributed by atoms with E-state index in [4.69, 9.17) is 17.2 Å². The number of thiol groups is 1. The van der Waals surface area contributed by atoms with Crippen molar-refractivity contribution in [2.45, 2.75) is 133 Å². The van der Waals surface area contributed by atoms with Crippen LogP contribution < -0.4 is 49.1 Å². The second kappa shape index (κ2) is 26.1. The summed E-state index contributed by atoms with van der Waals surface area (Å²) in [7, 11) is 0. The normalized spacial score (nSPS) is 20.7. The molecule has 13 N–H and O–H groups in total. The lowest BCUT2D eigenvalue weighted by atomic mass is 10.0.